The van der Waals surface area contributed by atoms with Crippen molar-refractivity contribution in [2.45, 2.75) is 38.3 Å². The second-order valence-corrected chi connectivity index (χ2v) is 7.36. The summed E-state index contributed by atoms with van der Waals surface area (Å²) in [6.07, 6.45) is 1.73. The number of carbonyl (C=O) groups excluding carboxylic acids is 4. The Morgan fingerprint density at radius 1 is 1.10 bits per heavy atom. The lowest BCUT2D eigenvalue weighted by Crippen LogP contribution is -2.49. The Bertz CT molecular complexity index is 706. The molecule has 1 aliphatic heterocycles. The topological polar surface area (TPSA) is 81.2 Å². The molecule has 1 fully saturated rings. The number of carbonyl (C=O) groups is 4. The number of amides is 5. The predicted octanol–water partition coefficient (Wildman–Crippen LogP) is 1.58. The zero-order valence-electron chi connectivity index (χ0n) is 16.5. The molecule has 1 aliphatic carbocycles. The molecule has 1 heterocycles. The van der Waals surface area contributed by atoms with E-state index in [0.29, 0.717) is 16.2 Å². The number of rotatable bonds is 8. The van der Waals surface area contributed by atoms with E-state index < -0.39 is 49.7 Å². The third kappa shape index (κ3) is 6.28. The highest BCUT2D eigenvalue weighted by molar-refractivity contribution is 6.44. The molecule has 1 saturated heterocycles. The molecule has 162 valence electrons. The molecular weight excluding hydrogens is 393 g/mol. The van der Waals surface area contributed by atoms with Gasteiger partial charge in [0.15, 0.2) is 0 Å². The molecule has 0 atom stereocenters. The largest absolute Gasteiger partial charge is 0.401 e. The van der Waals surface area contributed by atoms with Gasteiger partial charge < -0.3 is 4.90 Å². The van der Waals surface area contributed by atoms with Crippen LogP contribution in [-0.2, 0) is 14.4 Å². The van der Waals surface area contributed by atoms with Gasteiger partial charge in [0.25, 0.3) is 0 Å². The molecule has 0 N–H and O–H groups in total. The number of alkyl halides is 3. The summed E-state index contributed by atoms with van der Waals surface area (Å²) in [5.74, 6) is -2.87. The summed E-state index contributed by atoms with van der Waals surface area (Å²) in [4.78, 5) is 51.7. The maximum Gasteiger partial charge on any atom is 0.401 e. The van der Waals surface area contributed by atoms with E-state index in [0.717, 1.165) is 41.1 Å². The molecule has 0 saturated carbocycles. The van der Waals surface area contributed by atoms with Gasteiger partial charge in [-0.15, -0.1) is 0 Å². The SMILES string of the molecule is CN(C)C(=O)CN(CN1C(=O)C(=O)N(CCC2=CCCCC2)C1=O)CC(F)(F)F. The van der Waals surface area contributed by atoms with Crippen LogP contribution in [0.2, 0.25) is 0 Å². The minimum atomic E-state index is -4.64. The molecule has 8 nitrogen and oxygen atoms in total. The van der Waals surface area contributed by atoms with E-state index in [-0.39, 0.29) is 6.54 Å². The number of imide groups is 2. The van der Waals surface area contributed by atoms with Gasteiger partial charge in [-0.3, -0.25) is 24.2 Å². The van der Waals surface area contributed by atoms with E-state index in [2.05, 4.69) is 0 Å². The zero-order valence-corrected chi connectivity index (χ0v) is 16.5. The van der Waals surface area contributed by atoms with Crippen LogP contribution in [0.25, 0.3) is 0 Å². The molecule has 0 aromatic rings. The first-order valence-corrected chi connectivity index (χ1v) is 9.34. The van der Waals surface area contributed by atoms with Crippen LogP contribution in [0.5, 0.6) is 0 Å². The summed E-state index contributed by atoms with van der Waals surface area (Å²) in [5, 5.41) is 0. The molecule has 0 unspecified atom stereocenters. The third-order valence-electron chi connectivity index (χ3n) is 4.78. The Balaban J connectivity index is 2.07. The van der Waals surface area contributed by atoms with Crippen LogP contribution in [0.15, 0.2) is 11.6 Å². The first-order valence-electron chi connectivity index (χ1n) is 9.34. The van der Waals surface area contributed by atoms with Crippen molar-refractivity contribution >= 4 is 23.8 Å². The first-order chi connectivity index (χ1) is 13.5. The maximum absolute atomic E-state index is 12.9. The van der Waals surface area contributed by atoms with Gasteiger partial charge in [0.05, 0.1) is 19.8 Å². The van der Waals surface area contributed by atoms with Gasteiger partial charge >= 0.3 is 24.0 Å². The Labute approximate surface area is 166 Å². The summed E-state index contributed by atoms with van der Waals surface area (Å²) < 4.78 is 38.6. The number of hydrogen-bond acceptors (Lipinski definition) is 5. The highest BCUT2D eigenvalue weighted by Gasteiger charge is 2.45. The highest BCUT2D eigenvalue weighted by atomic mass is 19.4. The minimum Gasteiger partial charge on any atom is -0.348 e. The van der Waals surface area contributed by atoms with Crippen molar-refractivity contribution in [2.24, 2.45) is 0 Å². The van der Waals surface area contributed by atoms with Crippen molar-refractivity contribution in [2.75, 3.05) is 40.4 Å². The molecule has 0 bridgehead atoms. The van der Waals surface area contributed by atoms with Crippen LogP contribution in [0, 0.1) is 0 Å². The smallest absolute Gasteiger partial charge is 0.348 e. The second-order valence-electron chi connectivity index (χ2n) is 7.36. The van der Waals surface area contributed by atoms with Crippen molar-refractivity contribution in [3.8, 4) is 0 Å². The zero-order chi connectivity index (χ0) is 21.8. The van der Waals surface area contributed by atoms with Crippen molar-refractivity contribution < 1.29 is 32.3 Å². The van der Waals surface area contributed by atoms with Crippen LogP contribution in [0.1, 0.15) is 32.1 Å². The van der Waals surface area contributed by atoms with E-state index in [4.69, 9.17) is 0 Å². The molecule has 0 aromatic heterocycles. The first kappa shape index (κ1) is 22.9. The van der Waals surface area contributed by atoms with Gasteiger partial charge in [0.1, 0.15) is 0 Å². The predicted molar refractivity (Wildman–Crippen MR) is 96.3 cm³/mol. The van der Waals surface area contributed by atoms with Gasteiger partial charge in [0, 0.05) is 20.6 Å². The second kappa shape index (κ2) is 9.38. The molecule has 5 amide bonds. The van der Waals surface area contributed by atoms with Crippen LogP contribution in [-0.4, -0.2) is 89.9 Å². The lowest BCUT2D eigenvalue weighted by Gasteiger charge is -2.27. The van der Waals surface area contributed by atoms with Gasteiger partial charge in [-0.25, -0.2) is 9.69 Å². The quantitative estimate of drug-likeness (QED) is 0.340. The number of likely N-dealkylation sites (N-methyl/N-ethyl adjacent to an activating group) is 1. The minimum absolute atomic E-state index is 0.00163. The fraction of sp³-hybridized carbons (Fsp3) is 0.667. The number of halogens is 3. The fourth-order valence-corrected chi connectivity index (χ4v) is 3.20. The lowest BCUT2D eigenvalue weighted by atomic mass is 9.97. The Hall–Kier alpha value is -2.43. The molecule has 11 heteroatoms. The van der Waals surface area contributed by atoms with Crippen molar-refractivity contribution in [3.05, 3.63) is 11.6 Å². The monoisotopic (exact) mass is 418 g/mol. The summed E-state index contributed by atoms with van der Waals surface area (Å²) in [5.41, 5.74) is 1.10. The van der Waals surface area contributed by atoms with E-state index in [1.54, 1.807) is 0 Å². The van der Waals surface area contributed by atoms with E-state index in [1.807, 2.05) is 6.08 Å². The number of urea groups is 1. The molecule has 29 heavy (non-hydrogen) atoms. The standard InChI is InChI=1S/C18H25F3N4O4/c1-22(2)14(26)10-23(11-18(19,20)21)12-25-16(28)15(27)24(17(25)29)9-8-13-6-4-3-5-7-13/h6H,3-5,7-12H2,1-2H3. The molecule has 2 aliphatic rings. The average Bonchev–Trinajstić information content (AvgIpc) is 2.83. The third-order valence-corrected chi connectivity index (χ3v) is 4.78. The number of hydrogen-bond donors (Lipinski definition) is 0. The summed E-state index contributed by atoms with van der Waals surface area (Å²) >= 11 is 0. The normalized spacial score (nSPS) is 18.0. The van der Waals surface area contributed by atoms with Gasteiger partial charge in [-0.2, -0.15) is 13.2 Å². The molecule has 0 spiro atoms. The van der Waals surface area contributed by atoms with E-state index in [1.165, 1.54) is 14.1 Å². The van der Waals surface area contributed by atoms with Crippen LogP contribution >= 0.6 is 0 Å². The molecule has 0 aromatic carbocycles. The average molecular weight is 418 g/mol. The van der Waals surface area contributed by atoms with Gasteiger partial charge in [-0.05, 0) is 32.1 Å². The van der Waals surface area contributed by atoms with E-state index in [9.17, 15) is 32.3 Å². The molecular formula is C18H25F3N4O4. The van der Waals surface area contributed by atoms with Crippen LogP contribution < -0.4 is 0 Å². The Morgan fingerprint density at radius 2 is 1.76 bits per heavy atom. The number of nitrogens with zero attached hydrogens (tertiary/aromatic N) is 4. The fourth-order valence-electron chi connectivity index (χ4n) is 3.20. The van der Waals surface area contributed by atoms with Crippen molar-refractivity contribution in [3.63, 3.8) is 0 Å². The summed E-state index contributed by atoms with van der Waals surface area (Å²) in [7, 11) is 2.76. The highest BCUT2D eigenvalue weighted by Crippen LogP contribution is 2.23. The van der Waals surface area contributed by atoms with Crippen molar-refractivity contribution in [1.82, 2.24) is 19.6 Å². The summed E-state index contributed by atoms with van der Waals surface area (Å²) in [6.45, 7) is -2.93. The van der Waals surface area contributed by atoms with E-state index >= 15 is 0 Å². The van der Waals surface area contributed by atoms with Gasteiger partial charge in [-0.1, -0.05) is 11.6 Å². The van der Waals surface area contributed by atoms with Crippen molar-refractivity contribution in [1.29, 1.82) is 0 Å². The lowest BCUT2D eigenvalue weighted by molar-refractivity contribution is -0.157. The van der Waals surface area contributed by atoms with Crippen LogP contribution in [0.4, 0.5) is 18.0 Å². The maximum atomic E-state index is 12.9. The Kier molecular flexibility index (Phi) is 7.39. The van der Waals surface area contributed by atoms with Gasteiger partial charge in [0.2, 0.25) is 5.91 Å². The number of allylic oxidation sites excluding steroid dienone is 1. The molecule has 2 rings (SSSR count). The summed E-state index contributed by atoms with van der Waals surface area (Å²) in [6, 6.07) is -0.958. The Morgan fingerprint density at radius 3 is 2.31 bits per heavy atom. The van der Waals surface area contributed by atoms with Crippen LogP contribution in [0.3, 0.4) is 0 Å². The molecule has 0 radical (unpaired) electrons.